The number of carboxylic acids is 1. The van der Waals surface area contributed by atoms with E-state index in [4.69, 9.17) is 10.1 Å². The maximum atomic E-state index is 12.5. The first-order valence-electron chi connectivity index (χ1n) is 11.6. The maximum Gasteiger partial charge on any atom is 0.573 e. The number of hydrogen-bond donors (Lipinski definition) is 2. The largest absolute Gasteiger partial charge is 0.573 e. The fourth-order valence-corrected chi connectivity index (χ4v) is 5.23. The maximum absolute atomic E-state index is 12.5. The Hall–Kier alpha value is -3.30. The second-order valence-corrected chi connectivity index (χ2v) is 10.1. The van der Waals surface area contributed by atoms with E-state index in [1.165, 1.54) is 24.3 Å². The standard InChI is InChI=1S/C25H29F3N4O3/c1-15-10-18(13-24(2,3)12-15)32-21-14-29-17(6-9-22(33)34)11-20(21)31-23(32)30-16-4-7-19(8-5-16)35-25(26,27)28/h4-5,7-8,11,14-15,18H,6,9-10,12-13H2,1-3H3,(H,30,31)(H,33,34). The number of anilines is 2. The molecule has 2 heterocycles. The number of pyridine rings is 1. The molecule has 1 aliphatic carbocycles. The van der Waals surface area contributed by atoms with Crippen LogP contribution in [0.1, 0.15) is 58.2 Å². The average molecular weight is 491 g/mol. The first kappa shape index (κ1) is 24.8. The van der Waals surface area contributed by atoms with Crippen molar-refractivity contribution in [3.8, 4) is 5.75 Å². The van der Waals surface area contributed by atoms with Crippen LogP contribution < -0.4 is 10.1 Å². The molecule has 10 heteroatoms. The Kier molecular flexibility index (Phi) is 6.66. The van der Waals surface area contributed by atoms with Crippen LogP contribution in [0.15, 0.2) is 36.5 Å². The Labute approximate surface area is 201 Å². The van der Waals surface area contributed by atoms with Crippen molar-refractivity contribution in [2.45, 2.75) is 65.3 Å². The van der Waals surface area contributed by atoms with Crippen molar-refractivity contribution in [1.29, 1.82) is 0 Å². The van der Waals surface area contributed by atoms with Crippen LogP contribution in [-0.4, -0.2) is 32.0 Å². The molecule has 35 heavy (non-hydrogen) atoms. The molecule has 2 atom stereocenters. The van der Waals surface area contributed by atoms with Crippen LogP contribution in [0.25, 0.3) is 11.0 Å². The molecule has 1 aromatic carbocycles. The van der Waals surface area contributed by atoms with Gasteiger partial charge < -0.3 is 19.7 Å². The molecule has 2 unspecified atom stereocenters. The predicted octanol–water partition coefficient (Wildman–Crippen LogP) is 6.48. The number of aryl methyl sites for hydroxylation is 1. The monoisotopic (exact) mass is 490 g/mol. The number of halogens is 3. The molecular formula is C25H29F3N4O3. The Balaban J connectivity index is 1.70. The van der Waals surface area contributed by atoms with Crippen LogP contribution in [0.3, 0.4) is 0 Å². The highest BCUT2D eigenvalue weighted by atomic mass is 19.4. The summed E-state index contributed by atoms with van der Waals surface area (Å²) >= 11 is 0. The molecule has 1 saturated carbocycles. The van der Waals surface area contributed by atoms with Crippen LogP contribution in [0.4, 0.5) is 24.8 Å². The van der Waals surface area contributed by atoms with Gasteiger partial charge in [0.05, 0.1) is 23.7 Å². The molecule has 2 aromatic heterocycles. The SMILES string of the molecule is CC1CC(n2c(Nc3ccc(OC(F)(F)F)cc3)nc3cc(CCC(=O)O)ncc32)CC(C)(C)C1. The molecule has 188 valence electrons. The zero-order chi connectivity index (χ0) is 25.4. The number of aromatic nitrogens is 3. The number of alkyl halides is 3. The van der Waals surface area contributed by atoms with Gasteiger partial charge in [-0.3, -0.25) is 9.78 Å². The number of nitrogens with zero attached hydrogens (tertiary/aromatic N) is 3. The van der Waals surface area contributed by atoms with Crippen molar-refractivity contribution in [2.75, 3.05) is 5.32 Å². The summed E-state index contributed by atoms with van der Waals surface area (Å²) in [5, 5.41) is 12.3. The van der Waals surface area contributed by atoms with Crippen molar-refractivity contribution in [3.05, 3.63) is 42.2 Å². The lowest BCUT2D eigenvalue weighted by Gasteiger charge is -2.40. The van der Waals surface area contributed by atoms with Gasteiger partial charge in [-0.2, -0.15) is 0 Å². The van der Waals surface area contributed by atoms with Gasteiger partial charge in [-0.15, -0.1) is 13.2 Å². The summed E-state index contributed by atoms with van der Waals surface area (Å²) in [4.78, 5) is 20.2. The molecule has 1 fully saturated rings. The summed E-state index contributed by atoms with van der Waals surface area (Å²) in [7, 11) is 0. The molecule has 0 radical (unpaired) electrons. The first-order chi connectivity index (χ1) is 16.4. The van der Waals surface area contributed by atoms with E-state index in [1.54, 1.807) is 12.3 Å². The van der Waals surface area contributed by atoms with Gasteiger partial charge in [0.2, 0.25) is 5.95 Å². The van der Waals surface area contributed by atoms with Crippen LogP contribution in [-0.2, 0) is 11.2 Å². The number of fused-ring (bicyclic) bond motifs is 1. The van der Waals surface area contributed by atoms with Crippen molar-refractivity contribution in [1.82, 2.24) is 14.5 Å². The highest BCUT2D eigenvalue weighted by Crippen LogP contribution is 2.46. The summed E-state index contributed by atoms with van der Waals surface area (Å²) in [6.07, 6.45) is 0.284. The Bertz CT molecular complexity index is 1210. The fraction of sp³-hybridized carbons (Fsp3) is 0.480. The van der Waals surface area contributed by atoms with Crippen molar-refractivity contribution in [3.63, 3.8) is 0 Å². The van der Waals surface area contributed by atoms with Crippen LogP contribution in [0.2, 0.25) is 0 Å². The summed E-state index contributed by atoms with van der Waals surface area (Å²) in [5.74, 6) is -0.116. The molecule has 0 amide bonds. The number of carboxylic acid groups (broad SMARTS) is 1. The summed E-state index contributed by atoms with van der Waals surface area (Å²) in [5.41, 5.74) is 2.87. The fourth-order valence-electron chi connectivity index (χ4n) is 5.23. The van der Waals surface area contributed by atoms with Gasteiger partial charge >= 0.3 is 12.3 Å². The van der Waals surface area contributed by atoms with Gasteiger partial charge in [-0.25, -0.2) is 4.98 Å². The number of benzene rings is 1. The lowest BCUT2D eigenvalue weighted by atomic mass is 9.70. The summed E-state index contributed by atoms with van der Waals surface area (Å²) in [6.45, 7) is 6.74. The molecule has 7 nitrogen and oxygen atoms in total. The van der Waals surface area contributed by atoms with E-state index in [9.17, 15) is 18.0 Å². The van der Waals surface area contributed by atoms with Crippen LogP contribution in [0.5, 0.6) is 5.75 Å². The molecule has 4 rings (SSSR count). The van der Waals surface area contributed by atoms with Crippen molar-refractivity contribution < 1.29 is 27.8 Å². The number of hydrogen-bond acceptors (Lipinski definition) is 5. The number of imidazole rings is 1. The van der Waals surface area contributed by atoms with Crippen LogP contribution >= 0.6 is 0 Å². The number of rotatable bonds is 7. The van der Waals surface area contributed by atoms with E-state index in [2.05, 4.69) is 40.4 Å². The number of aliphatic carboxylic acids is 1. The van der Waals surface area contributed by atoms with E-state index >= 15 is 0 Å². The zero-order valence-electron chi connectivity index (χ0n) is 19.9. The normalized spacial score (nSPS) is 20.1. The first-order valence-corrected chi connectivity index (χ1v) is 11.6. The van der Waals surface area contributed by atoms with Crippen LogP contribution in [0, 0.1) is 11.3 Å². The second-order valence-electron chi connectivity index (χ2n) is 10.1. The Morgan fingerprint density at radius 3 is 2.60 bits per heavy atom. The molecule has 3 aromatic rings. The summed E-state index contributed by atoms with van der Waals surface area (Å²) in [6, 6.07) is 7.47. The number of nitrogens with one attached hydrogen (secondary N) is 1. The third kappa shape index (κ3) is 6.23. The van der Waals surface area contributed by atoms with Crippen molar-refractivity contribution in [2.24, 2.45) is 11.3 Å². The predicted molar refractivity (Wildman–Crippen MR) is 126 cm³/mol. The van der Waals surface area contributed by atoms with Gasteiger partial charge in [0, 0.05) is 23.8 Å². The quantitative estimate of drug-likeness (QED) is 0.394. The van der Waals surface area contributed by atoms with E-state index < -0.39 is 12.3 Å². The van der Waals surface area contributed by atoms with Gasteiger partial charge in [0.15, 0.2) is 0 Å². The van der Waals surface area contributed by atoms with Crippen molar-refractivity contribution >= 4 is 28.6 Å². The Morgan fingerprint density at radius 2 is 1.97 bits per heavy atom. The molecule has 0 bridgehead atoms. The molecule has 1 aliphatic rings. The third-order valence-electron chi connectivity index (χ3n) is 6.30. The van der Waals surface area contributed by atoms with E-state index in [1.807, 2.05) is 0 Å². The highest BCUT2D eigenvalue weighted by Gasteiger charge is 2.35. The molecular weight excluding hydrogens is 461 g/mol. The third-order valence-corrected chi connectivity index (χ3v) is 6.30. The minimum absolute atomic E-state index is 0.0228. The van der Waals surface area contributed by atoms with Gasteiger partial charge in [0.25, 0.3) is 0 Å². The van der Waals surface area contributed by atoms with Gasteiger partial charge in [0.1, 0.15) is 5.75 Å². The van der Waals surface area contributed by atoms with E-state index in [-0.39, 0.29) is 23.6 Å². The van der Waals surface area contributed by atoms with Gasteiger partial charge in [-0.05, 0) is 60.9 Å². The molecule has 0 aliphatic heterocycles. The average Bonchev–Trinajstić information content (AvgIpc) is 3.08. The molecule has 0 saturated heterocycles. The lowest BCUT2D eigenvalue weighted by molar-refractivity contribution is -0.274. The number of carbonyl (C=O) groups is 1. The van der Waals surface area contributed by atoms with E-state index in [0.29, 0.717) is 35.2 Å². The van der Waals surface area contributed by atoms with Gasteiger partial charge in [-0.1, -0.05) is 20.8 Å². The summed E-state index contributed by atoms with van der Waals surface area (Å²) < 4.78 is 43.6. The molecule has 2 N–H and O–H groups in total. The minimum Gasteiger partial charge on any atom is -0.481 e. The van der Waals surface area contributed by atoms with E-state index in [0.717, 1.165) is 24.8 Å². The highest BCUT2D eigenvalue weighted by molar-refractivity contribution is 5.80. The minimum atomic E-state index is -4.75. The second kappa shape index (κ2) is 9.39. The number of ether oxygens (including phenoxy) is 1. The molecule has 0 spiro atoms. The Morgan fingerprint density at radius 1 is 1.26 bits per heavy atom. The smallest absolute Gasteiger partial charge is 0.481 e. The lowest BCUT2D eigenvalue weighted by Crippen LogP contribution is -2.29. The topological polar surface area (TPSA) is 89.3 Å². The zero-order valence-corrected chi connectivity index (χ0v) is 19.9.